The van der Waals surface area contributed by atoms with Crippen LogP contribution in [0.3, 0.4) is 0 Å². The molecule has 0 spiro atoms. The van der Waals surface area contributed by atoms with Crippen LogP contribution in [0.1, 0.15) is 27.7 Å². The highest BCUT2D eigenvalue weighted by Gasteiger charge is 1.93. The van der Waals surface area contributed by atoms with Crippen LogP contribution in [-0.2, 0) is 9.53 Å². The molecule has 0 bridgehead atoms. The SMILES string of the molecule is C=CC.CC(=O)OC(C)C. The maximum Gasteiger partial charge on any atom is 0.302 e. The molecule has 0 aromatic rings. The number of ether oxygens (including phenoxy) is 1. The summed E-state index contributed by atoms with van der Waals surface area (Å²) in [4.78, 5) is 10.0. The van der Waals surface area contributed by atoms with Gasteiger partial charge in [-0.2, -0.15) is 0 Å². The van der Waals surface area contributed by atoms with Gasteiger partial charge in [-0.25, -0.2) is 0 Å². The van der Waals surface area contributed by atoms with Gasteiger partial charge in [-0.1, -0.05) is 6.08 Å². The summed E-state index contributed by atoms with van der Waals surface area (Å²) < 4.78 is 4.61. The molecule has 10 heavy (non-hydrogen) atoms. The quantitative estimate of drug-likeness (QED) is 0.416. The predicted molar refractivity (Wildman–Crippen MR) is 42.8 cm³/mol. The molecule has 0 aromatic carbocycles. The highest BCUT2D eigenvalue weighted by Crippen LogP contribution is 1.85. The summed E-state index contributed by atoms with van der Waals surface area (Å²) in [5.41, 5.74) is 0. The fourth-order valence-corrected chi connectivity index (χ4v) is 0.332. The van der Waals surface area contributed by atoms with E-state index in [9.17, 15) is 4.79 Å². The van der Waals surface area contributed by atoms with Crippen molar-refractivity contribution in [2.75, 3.05) is 0 Å². The van der Waals surface area contributed by atoms with Crippen LogP contribution < -0.4 is 0 Å². The summed E-state index contributed by atoms with van der Waals surface area (Å²) in [7, 11) is 0. The molecule has 0 fully saturated rings. The lowest BCUT2D eigenvalue weighted by Crippen LogP contribution is -2.06. The fourth-order valence-electron chi connectivity index (χ4n) is 0.332. The molecule has 2 heteroatoms. The van der Waals surface area contributed by atoms with E-state index in [1.807, 2.05) is 20.8 Å². The van der Waals surface area contributed by atoms with Crippen LogP contribution in [0.4, 0.5) is 0 Å². The largest absolute Gasteiger partial charge is 0.463 e. The van der Waals surface area contributed by atoms with Crippen LogP contribution in [-0.4, -0.2) is 12.1 Å². The number of carbonyl (C=O) groups is 1. The average Bonchev–Trinajstić information content (AvgIpc) is 1.62. The van der Waals surface area contributed by atoms with Crippen LogP contribution >= 0.6 is 0 Å². The summed E-state index contributed by atoms with van der Waals surface area (Å²) in [5, 5.41) is 0. The topological polar surface area (TPSA) is 26.3 Å². The Labute approximate surface area is 62.9 Å². The second-order valence-corrected chi connectivity index (χ2v) is 2.07. The third-order valence-corrected chi connectivity index (χ3v) is 0.402. The molecule has 0 unspecified atom stereocenters. The molecule has 0 radical (unpaired) electrons. The van der Waals surface area contributed by atoms with Crippen molar-refractivity contribution in [3.8, 4) is 0 Å². The van der Waals surface area contributed by atoms with Gasteiger partial charge >= 0.3 is 5.97 Å². The summed E-state index contributed by atoms with van der Waals surface area (Å²) in [5.74, 6) is -0.213. The van der Waals surface area contributed by atoms with Crippen molar-refractivity contribution in [3.05, 3.63) is 12.7 Å². The molecule has 0 aliphatic rings. The van der Waals surface area contributed by atoms with Crippen molar-refractivity contribution in [3.63, 3.8) is 0 Å². The Balaban J connectivity index is 0. The minimum Gasteiger partial charge on any atom is -0.463 e. The van der Waals surface area contributed by atoms with E-state index in [0.717, 1.165) is 0 Å². The number of carbonyl (C=O) groups excluding carboxylic acids is 1. The van der Waals surface area contributed by atoms with Crippen molar-refractivity contribution in [1.82, 2.24) is 0 Å². The standard InChI is InChI=1S/C5H10O2.C3H6/c1-4(2)7-5(3)6;1-3-2/h4H,1-3H3;3H,1H2,2H3. The summed E-state index contributed by atoms with van der Waals surface area (Å²) >= 11 is 0. The van der Waals surface area contributed by atoms with Crippen molar-refractivity contribution in [2.24, 2.45) is 0 Å². The average molecular weight is 144 g/mol. The fraction of sp³-hybridized carbons (Fsp3) is 0.625. The van der Waals surface area contributed by atoms with Crippen LogP contribution in [0.15, 0.2) is 12.7 Å². The first-order valence-electron chi connectivity index (χ1n) is 3.28. The zero-order valence-electron chi connectivity index (χ0n) is 7.18. The molecule has 0 N–H and O–H groups in total. The van der Waals surface area contributed by atoms with Crippen LogP contribution in [0.25, 0.3) is 0 Å². The Morgan fingerprint density at radius 2 is 1.90 bits per heavy atom. The van der Waals surface area contributed by atoms with E-state index in [0.29, 0.717) is 0 Å². The summed E-state index contributed by atoms with van der Waals surface area (Å²) in [6.45, 7) is 10.3. The number of rotatable bonds is 1. The lowest BCUT2D eigenvalue weighted by atomic mass is 10.5. The predicted octanol–water partition coefficient (Wildman–Crippen LogP) is 2.15. The van der Waals surface area contributed by atoms with Gasteiger partial charge in [-0.3, -0.25) is 4.79 Å². The molecule has 0 saturated heterocycles. The lowest BCUT2D eigenvalue weighted by molar-refractivity contribution is -0.144. The first-order valence-corrected chi connectivity index (χ1v) is 3.28. The van der Waals surface area contributed by atoms with E-state index in [-0.39, 0.29) is 12.1 Å². The Bertz CT molecular complexity index is 95.4. The normalized spacial score (nSPS) is 7.70. The van der Waals surface area contributed by atoms with Crippen LogP contribution in [0.5, 0.6) is 0 Å². The Hall–Kier alpha value is -0.790. The van der Waals surface area contributed by atoms with Crippen LogP contribution in [0.2, 0.25) is 0 Å². The Morgan fingerprint density at radius 3 is 1.90 bits per heavy atom. The van der Waals surface area contributed by atoms with E-state index < -0.39 is 0 Å². The lowest BCUT2D eigenvalue weighted by Gasteiger charge is -2.01. The molecule has 2 nitrogen and oxygen atoms in total. The maximum absolute atomic E-state index is 10.0. The smallest absolute Gasteiger partial charge is 0.302 e. The summed E-state index contributed by atoms with van der Waals surface area (Å²) in [6, 6.07) is 0. The highest BCUT2D eigenvalue weighted by molar-refractivity contribution is 5.66. The van der Waals surface area contributed by atoms with Gasteiger partial charge in [0.05, 0.1) is 6.10 Å². The number of esters is 1. The van der Waals surface area contributed by atoms with E-state index in [1.165, 1.54) is 6.92 Å². The number of hydrogen-bond donors (Lipinski definition) is 0. The van der Waals surface area contributed by atoms with Gasteiger partial charge in [0.2, 0.25) is 0 Å². The molecule has 0 heterocycles. The third-order valence-electron chi connectivity index (χ3n) is 0.402. The van der Waals surface area contributed by atoms with Crippen molar-refractivity contribution >= 4 is 5.97 Å². The molecular weight excluding hydrogens is 128 g/mol. The second kappa shape index (κ2) is 8.21. The molecule has 60 valence electrons. The molecule has 0 amide bonds. The second-order valence-electron chi connectivity index (χ2n) is 2.07. The van der Waals surface area contributed by atoms with Crippen molar-refractivity contribution < 1.29 is 9.53 Å². The van der Waals surface area contributed by atoms with Crippen molar-refractivity contribution in [1.29, 1.82) is 0 Å². The van der Waals surface area contributed by atoms with Gasteiger partial charge < -0.3 is 4.74 Å². The number of allylic oxidation sites excluding steroid dienone is 1. The van der Waals surface area contributed by atoms with Gasteiger partial charge in [0.15, 0.2) is 0 Å². The Morgan fingerprint density at radius 1 is 1.60 bits per heavy atom. The number of hydrogen-bond acceptors (Lipinski definition) is 2. The Kier molecular flexibility index (Phi) is 9.80. The highest BCUT2D eigenvalue weighted by atomic mass is 16.5. The molecule has 0 rings (SSSR count). The van der Waals surface area contributed by atoms with Crippen LogP contribution in [0, 0.1) is 0 Å². The van der Waals surface area contributed by atoms with Gasteiger partial charge in [0, 0.05) is 6.92 Å². The molecule has 0 saturated carbocycles. The molecule has 0 aliphatic carbocycles. The summed E-state index contributed by atoms with van der Waals surface area (Å²) in [6.07, 6.45) is 1.78. The van der Waals surface area contributed by atoms with Gasteiger partial charge in [0.25, 0.3) is 0 Å². The maximum atomic E-state index is 10.0. The van der Waals surface area contributed by atoms with E-state index in [4.69, 9.17) is 0 Å². The molecular formula is C8H16O2. The first kappa shape index (κ1) is 11.9. The van der Waals surface area contributed by atoms with Gasteiger partial charge in [-0.05, 0) is 20.8 Å². The van der Waals surface area contributed by atoms with Gasteiger partial charge in [-0.15, -0.1) is 6.58 Å². The van der Waals surface area contributed by atoms with E-state index in [2.05, 4.69) is 11.3 Å². The third kappa shape index (κ3) is 27.0. The van der Waals surface area contributed by atoms with E-state index >= 15 is 0 Å². The minimum atomic E-state index is -0.213. The first-order chi connectivity index (χ1) is 4.54. The van der Waals surface area contributed by atoms with Crippen molar-refractivity contribution in [2.45, 2.75) is 33.8 Å². The molecule has 0 aliphatic heterocycles. The minimum absolute atomic E-state index is 0.0255. The van der Waals surface area contributed by atoms with Gasteiger partial charge in [0.1, 0.15) is 0 Å². The monoisotopic (exact) mass is 144 g/mol. The molecule has 0 aromatic heterocycles. The zero-order chi connectivity index (χ0) is 8.57. The van der Waals surface area contributed by atoms with E-state index in [1.54, 1.807) is 6.08 Å². The zero-order valence-corrected chi connectivity index (χ0v) is 7.18. The molecule has 0 atom stereocenters.